The van der Waals surface area contributed by atoms with Gasteiger partial charge in [0.05, 0.1) is 6.04 Å². The molecule has 0 aromatic rings. The molecule has 2 heterocycles. The Bertz CT molecular complexity index is 274. The molecule has 2 heteroatoms. The first-order valence-electron chi connectivity index (χ1n) is 4.86. The summed E-state index contributed by atoms with van der Waals surface area (Å²) < 4.78 is 0. The number of hydrogen-bond acceptors (Lipinski definition) is 2. The first-order valence-corrected chi connectivity index (χ1v) is 4.86. The van der Waals surface area contributed by atoms with E-state index in [2.05, 4.69) is 54.8 Å². The van der Waals surface area contributed by atoms with Gasteiger partial charge in [0, 0.05) is 11.9 Å². The highest BCUT2D eigenvalue weighted by Gasteiger charge is 2.20. The van der Waals surface area contributed by atoms with Gasteiger partial charge in [-0.15, -0.1) is 0 Å². The van der Waals surface area contributed by atoms with Crippen LogP contribution in [-0.2, 0) is 0 Å². The van der Waals surface area contributed by atoms with Crippen LogP contribution in [0.25, 0.3) is 0 Å². The number of allylic oxidation sites excluding steroid dienone is 3. The number of rotatable bonds is 2. The van der Waals surface area contributed by atoms with Crippen LogP contribution in [-0.4, -0.2) is 11.1 Å². The average Bonchev–Trinajstić information content (AvgIpc) is 2.44. The maximum absolute atomic E-state index is 3.38. The van der Waals surface area contributed by atoms with E-state index in [1.165, 1.54) is 5.70 Å². The Morgan fingerprint density at radius 1 is 1.46 bits per heavy atom. The molecule has 0 aromatic carbocycles. The number of fused-ring (bicyclic) bond motifs is 1. The molecular formula is C11H16N2. The standard InChI is InChI=1S/C11H16N2/c1-9(2)7-10-8-11-5-3-4-6-13(11)12-10/h3-6,8-9,11-12H,7H2,1-2H3. The molecule has 0 aromatic heterocycles. The lowest BCUT2D eigenvalue weighted by Gasteiger charge is -2.23. The number of nitrogens with zero attached hydrogens (tertiary/aromatic N) is 1. The minimum atomic E-state index is 0.429. The summed E-state index contributed by atoms with van der Waals surface area (Å²) in [5.41, 5.74) is 4.72. The molecule has 1 N–H and O–H groups in total. The molecule has 2 aliphatic rings. The quantitative estimate of drug-likeness (QED) is 0.693. The van der Waals surface area contributed by atoms with Gasteiger partial charge < -0.3 is 5.43 Å². The summed E-state index contributed by atoms with van der Waals surface area (Å²) in [7, 11) is 0. The molecule has 1 unspecified atom stereocenters. The van der Waals surface area contributed by atoms with E-state index >= 15 is 0 Å². The SMILES string of the molecule is CC(C)CC1=CC2C=CC=CN2N1. The highest BCUT2D eigenvalue weighted by molar-refractivity contribution is 5.25. The van der Waals surface area contributed by atoms with E-state index in [1.807, 2.05) is 0 Å². The van der Waals surface area contributed by atoms with Gasteiger partial charge in [-0.3, -0.25) is 5.01 Å². The molecule has 0 radical (unpaired) electrons. The highest BCUT2D eigenvalue weighted by atomic mass is 15.5. The summed E-state index contributed by atoms with van der Waals surface area (Å²) in [6.45, 7) is 4.48. The summed E-state index contributed by atoms with van der Waals surface area (Å²) in [6.07, 6.45) is 11.8. The van der Waals surface area contributed by atoms with Crippen molar-refractivity contribution in [3.8, 4) is 0 Å². The molecule has 1 atom stereocenters. The first-order chi connectivity index (χ1) is 6.25. The second-order valence-corrected chi connectivity index (χ2v) is 4.03. The van der Waals surface area contributed by atoms with Gasteiger partial charge in [-0.25, -0.2) is 0 Å². The van der Waals surface area contributed by atoms with Crippen molar-refractivity contribution in [2.75, 3.05) is 0 Å². The third kappa shape index (κ3) is 1.77. The average molecular weight is 176 g/mol. The van der Waals surface area contributed by atoms with Crippen molar-refractivity contribution in [2.24, 2.45) is 5.92 Å². The van der Waals surface area contributed by atoms with Crippen LogP contribution in [0.5, 0.6) is 0 Å². The molecule has 70 valence electrons. The van der Waals surface area contributed by atoms with Crippen LogP contribution in [0.2, 0.25) is 0 Å². The van der Waals surface area contributed by atoms with Gasteiger partial charge in [-0.1, -0.05) is 26.0 Å². The minimum Gasteiger partial charge on any atom is -0.302 e. The van der Waals surface area contributed by atoms with Crippen molar-refractivity contribution < 1.29 is 0 Å². The summed E-state index contributed by atoms with van der Waals surface area (Å²) in [6, 6.07) is 0.429. The van der Waals surface area contributed by atoms with E-state index in [0.29, 0.717) is 12.0 Å². The zero-order chi connectivity index (χ0) is 9.26. The van der Waals surface area contributed by atoms with Gasteiger partial charge in [-0.2, -0.15) is 0 Å². The maximum atomic E-state index is 3.38. The van der Waals surface area contributed by atoms with Gasteiger partial charge in [0.15, 0.2) is 0 Å². The lowest BCUT2D eigenvalue weighted by Crippen LogP contribution is -2.33. The predicted molar refractivity (Wildman–Crippen MR) is 54.6 cm³/mol. The zero-order valence-electron chi connectivity index (χ0n) is 8.20. The molecule has 13 heavy (non-hydrogen) atoms. The molecule has 2 nitrogen and oxygen atoms in total. The third-order valence-corrected chi connectivity index (χ3v) is 2.26. The Kier molecular flexibility index (Phi) is 2.13. The normalized spacial score (nSPS) is 24.7. The monoisotopic (exact) mass is 176 g/mol. The van der Waals surface area contributed by atoms with E-state index in [0.717, 1.165) is 6.42 Å². The van der Waals surface area contributed by atoms with Gasteiger partial charge >= 0.3 is 0 Å². The molecule has 0 saturated carbocycles. The topological polar surface area (TPSA) is 15.3 Å². The fourth-order valence-electron chi connectivity index (χ4n) is 1.72. The van der Waals surface area contributed by atoms with Gasteiger partial charge in [0.1, 0.15) is 0 Å². The Hall–Kier alpha value is -1.18. The van der Waals surface area contributed by atoms with Crippen molar-refractivity contribution in [3.63, 3.8) is 0 Å². The minimum absolute atomic E-state index is 0.429. The lowest BCUT2D eigenvalue weighted by molar-refractivity contribution is 0.309. The maximum Gasteiger partial charge on any atom is 0.0881 e. The number of hydrogen-bond donors (Lipinski definition) is 1. The Balaban J connectivity index is 2.03. The van der Waals surface area contributed by atoms with Crippen LogP contribution < -0.4 is 5.43 Å². The molecule has 0 amide bonds. The molecule has 0 bridgehead atoms. The van der Waals surface area contributed by atoms with Crippen LogP contribution >= 0.6 is 0 Å². The van der Waals surface area contributed by atoms with Crippen LogP contribution in [0.15, 0.2) is 36.2 Å². The first kappa shape index (κ1) is 8.42. The number of hydrazine groups is 1. The summed E-state index contributed by atoms with van der Waals surface area (Å²) in [5.74, 6) is 0.716. The molecule has 0 aliphatic carbocycles. The predicted octanol–water partition coefficient (Wildman–Crippen LogP) is 2.19. The highest BCUT2D eigenvalue weighted by Crippen LogP contribution is 2.20. The molecular weight excluding hydrogens is 160 g/mol. The van der Waals surface area contributed by atoms with Crippen LogP contribution in [0.1, 0.15) is 20.3 Å². The van der Waals surface area contributed by atoms with Crippen molar-refractivity contribution in [3.05, 3.63) is 36.2 Å². The molecule has 2 aliphatic heterocycles. The fourth-order valence-corrected chi connectivity index (χ4v) is 1.72. The largest absolute Gasteiger partial charge is 0.302 e. The van der Waals surface area contributed by atoms with Crippen molar-refractivity contribution in [1.82, 2.24) is 10.4 Å². The van der Waals surface area contributed by atoms with Crippen LogP contribution in [0, 0.1) is 5.92 Å². The van der Waals surface area contributed by atoms with Gasteiger partial charge in [-0.05, 0) is 24.5 Å². The summed E-state index contributed by atoms with van der Waals surface area (Å²) in [5, 5.41) is 2.14. The summed E-state index contributed by atoms with van der Waals surface area (Å²) >= 11 is 0. The lowest BCUT2D eigenvalue weighted by atomic mass is 10.1. The molecule has 0 fully saturated rings. The van der Waals surface area contributed by atoms with E-state index < -0.39 is 0 Å². The van der Waals surface area contributed by atoms with E-state index in [1.54, 1.807) is 0 Å². The van der Waals surface area contributed by atoms with E-state index in [4.69, 9.17) is 0 Å². The molecule has 0 saturated heterocycles. The van der Waals surface area contributed by atoms with Crippen molar-refractivity contribution >= 4 is 0 Å². The molecule has 0 spiro atoms. The van der Waals surface area contributed by atoms with Gasteiger partial charge in [0.25, 0.3) is 0 Å². The van der Waals surface area contributed by atoms with Gasteiger partial charge in [0.2, 0.25) is 0 Å². The van der Waals surface area contributed by atoms with E-state index in [-0.39, 0.29) is 0 Å². The Labute approximate surface area is 79.6 Å². The van der Waals surface area contributed by atoms with Crippen molar-refractivity contribution in [2.45, 2.75) is 26.3 Å². The smallest absolute Gasteiger partial charge is 0.0881 e. The van der Waals surface area contributed by atoms with Crippen LogP contribution in [0.4, 0.5) is 0 Å². The Morgan fingerprint density at radius 3 is 3.00 bits per heavy atom. The molecule has 2 rings (SSSR count). The van der Waals surface area contributed by atoms with E-state index in [9.17, 15) is 0 Å². The number of nitrogens with one attached hydrogen (secondary N) is 1. The fraction of sp³-hybridized carbons (Fsp3) is 0.455. The summed E-state index contributed by atoms with van der Waals surface area (Å²) in [4.78, 5) is 0. The second kappa shape index (κ2) is 3.29. The van der Waals surface area contributed by atoms with Crippen molar-refractivity contribution in [1.29, 1.82) is 0 Å². The van der Waals surface area contributed by atoms with Crippen LogP contribution in [0.3, 0.4) is 0 Å². The Morgan fingerprint density at radius 2 is 2.31 bits per heavy atom. The second-order valence-electron chi connectivity index (χ2n) is 4.03. The third-order valence-electron chi connectivity index (χ3n) is 2.26. The zero-order valence-corrected chi connectivity index (χ0v) is 8.20.